The van der Waals surface area contributed by atoms with Crippen molar-refractivity contribution in [2.75, 3.05) is 0 Å². The van der Waals surface area contributed by atoms with E-state index in [4.69, 9.17) is 10.5 Å². The quantitative estimate of drug-likeness (QED) is 0.869. The van der Waals surface area contributed by atoms with Gasteiger partial charge in [0.05, 0.1) is 0 Å². The average Bonchev–Trinajstić information content (AvgIpc) is 2.32. The van der Waals surface area contributed by atoms with E-state index in [0.29, 0.717) is 0 Å². The molecule has 2 rings (SSSR count). The molecular formula is C15H17NO. The third kappa shape index (κ3) is 3.33. The Morgan fingerprint density at radius 1 is 1.00 bits per heavy atom. The van der Waals surface area contributed by atoms with E-state index < -0.39 is 0 Å². The van der Waals surface area contributed by atoms with Gasteiger partial charge in [-0.15, -0.1) is 0 Å². The highest BCUT2D eigenvalue weighted by Gasteiger charge is 2.06. The van der Waals surface area contributed by atoms with Crippen LogP contribution in [0.1, 0.15) is 12.5 Å². The summed E-state index contributed by atoms with van der Waals surface area (Å²) in [5.41, 5.74) is 6.98. The van der Waals surface area contributed by atoms with E-state index in [1.165, 1.54) is 0 Å². The predicted octanol–water partition coefficient (Wildman–Crippen LogP) is 3.37. The van der Waals surface area contributed by atoms with Gasteiger partial charge in [0.25, 0.3) is 0 Å². The van der Waals surface area contributed by atoms with Crippen LogP contribution in [0.25, 0.3) is 0 Å². The topological polar surface area (TPSA) is 35.2 Å². The molecule has 0 saturated heterocycles. The first-order chi connectivity index (χ1) is 8.25. The van der Waals surface area contributed by atoms with Crippen LogP contribution in [-0.4, -0.2) is 6.04 Å². The lowest BCUT2D eigenvalue weighted by molar-refractivity contribution is 0.474. The van der Waals surface area contributed by atoms with Crippen LogP contribution >= 0.6 is 0 Å². The molecule has 2 heteroatoms. The molecule has 0 heterocycles. The number of hydrogen-bond acceptors (Lipinski definition) is 2. The summed E-state index contributed by atoms with van der Waals surface area (Å²) < 4.78 is 5.85. The van der Waals surface area contributed by atoms with Crippen molar-refractivity contribution in [3.8, 4) is 11.5 Å². The summed E-state index contributed by atoms with van der Waals surface area (Å²) in [6, 6.07) is 17.9. The summed E-state index contributed by atoms with van der Waals surface area (Å²) in [5, 5.41) is 0. The van der Waals surface area contributed by atoms with E-state index in [2.05, 4.69) is 6.07 Å². The van der Waals surface area contributed by atoms with Gasteiger partial charge in [0.15, 0.2) is 0 Å². The van der Waals surface area contributed by atoms with Crippen LogP contribution in [0.5, 0.6) is 11.5 Å². The molecule has 0 fully saturated rings. The molecule has 0 radical (unpaired) electrons. The fraction of sp³-hybridized carbons (Fsp3) is 0.200. The SMILES string of the molecule is CC(N)Cc1ccccc1Oc1ccccc1. The first kappa shape index (κ1) is 11.7. The summed E-state index contributed by atoms with van der Waals surface area (Å²) in [7, 11) is 0. The van der Waals surface area contributed by atoms with Crippen LogP contribution in [0, 0.1) is 0 Å². The van der Waals surface area contributed by atoms with Gasteiger partial charge in [-0.05, 0) is 37.1 Å². The number of benzene rings is 2. The van der Waals surface area contributed by atoms with E-state index in [0.717, 1.165) is 23.5 Å². The molecule has 0 aliphatic carbocycles. The Balaban J connectivity index is 2.20. The molecular weight excluding hydrogens is 210 g/mol. The van der Waals surface area contributed by atoms with Crippen LogP contribution < -0.4 is 10.5 Å². The Kier molecular flexibility index (Phi) is 3.78. The number of rotatable bonds is 4. The smallest absolute Gasteiger partial charge is 0.130 e. The van der Waals surface area contributed by atoms with E-state index in [1.54, 1.807) is 0 Å². The maximum Gasteiger partial charge on any atom is 0.130 e. The summed E-state index contributed by atoms with van der Waals surface area (Å²) in [6.07, 6.45) is 0.822. The molecule has 88 valence electrons. The number of nitrogens with two attached hydrogens (primary N) is 1. The molecule has 17 heavy (non-hydrogen) atoms. The van der Waals surface area contributed by atoms with Gasteiger partial charge in [-0.3, -0.25) is 0 Å². The second kappa shape index (κ2) is 5.51. The predicted molar refractivity (Wildman–Crippen MR) is 70.3 cm³/mol. The maximum atomic E-state index is 5.85. The van der Waals surface area contributed by atoms with Crippen molar-refractivity contribution in [1.29, 1.82) is 0 Å². The summed E-state index contributed by atoms with van der Waals surface area (Å²) in [6.45, 7) is 2.00. The molecule has 0 aromatic heterocycles. The second-order valence-corrected chi connectivity index (χ2v) is 4.20. The zero-order valence-electron chi connectivity index (χ0n) is 9.97. The minimum Gasteiger partial charge on any atom is -0.457 e. The third-order valence-corrected chi connectivity index (χ3v) is 2.49. The molecule has 2 aromatic carbocycles. The van der Waals surface area contributed by atoms with Crippen molar-refractivity contribution >= 4 is 0 Å². The molecule has 1 atom stereocenters. The van der Waals surface area contributed by atoms with Crippen LogP contribution in [0.15, 0.2) is 54.6 Å². The fourth-order valence-corrected chi connectivity index (χ4v) is 1.73. The molecule has 2 nitrogen and oxygen atoms in total. The maximum absolute atomic E-state index is 5.85. The molecule has 0 aliphatic heterocycles. The second-order valence-electron chi connectivity index (χ2n) is 4.20. The minimum absolute atomic E-state index is 0.135. The Morgan fingerprint density at radius 2 is 1.65 bits per heavy atom. The van der Waals surface area contributed by atoms with Crippen molar-refractivity contribution in [3.63, 3.8) is 0 Å². The summed E-state index contributed by atoms with van der Waals surface area (Å²) >= 11 is 0. The van der Waals surface area contributed by atoms with Crippen LogP contribution in [0.2, 0.25) is 0 Å². The van der Waals surface area contributed by atoms with Crippen molar-refractivity contribution in [1.82, 2.24) is 0 Å². The van der Waals surface area contributed by atoms with Gasteiger partial charge in [-0.1, -0.05) is 36.4 Å². The molecule has 0 saturated carbocycles. The molecule has 2 aromatic rings. The highest BCUT2D eigenvalue weighted by molar-refractivity contribution is 5.38. The standard InChI is InChI=1S/C15H17NO/c1-12(16)11-13-7-5-6-10-15(13)17-14-8-3-2-4-9-14/h2-10,12H,11,16H2,1H3. The molecule has 0 bridgehead atoms. The van der Waals surface area contributed by atoms with Gasteiger partial charge < -0.3 is 10.5 Å². The highest BCUT2D eigenvalue weighted by atomic mass is 16.5. The van der Waals surface area contributed by atoms with Gasteiger partial charge in [-0.25, -0.2) is 0 Å². The number of para-hydroxylation sites is 2. The monoisotopic (exact) mass is 227 g/mol. The normalized spacial score (nSPS) is 12.1. The third-order valence-electron chi connectivity index (χ3n) is 2.49. The Labute approximate surface area is 102 Å². The fourth-order valence-electron chi connectivity index (χ4n) is 1.73. The minimum atomic E-state index is 0.135. The van der Waals surface area contributed by atoms with Gasteiger partial charge in [0.1, 0.15) is 11.5 Å². The molecule has 0 amide bonds. The first-order valence-corrected chi connectivity index (χ1v) is 5.82. The highest BCUT2D eigenvalue weighted by Crippen LogP contribution is 2.25. The molecule has 2 N–H and O–H groups in total. The van der Waals surface area contributed by atoms with Gasteiger partial charge in [0, 0.05) is 6.04 Å². The Bertz CT molecular complexity index is 465. The lowest BCUT2D eigenvalue weighted by atomic mass is 10.1. The van der Waals surface area contributed by atoms with E-state index >= 15 is 0 Å². The zero-order valence-corrected chi connectivity index (χ0v) is 9.97. The number of hydrogen-bond donors (Lipinski definition) is 1. The summed E-state index contributed by atoms with van der Waals surface area (Å²) in [4.78, 5) is 0. The first-order valence-electron chi connectivity index (χ1n) is 5.82. The van der Waals surface area contributed by atoms with Crippen molar-refractivity contribution in [3.05, 3.63) is 60.2 Å². The lowest BCUT2D eigenvalue weighted by Crippen LogP contribution is -2.18. The van der Waals surface area contributed by atoms with Gasteiger partial charge in [-0.2, -0.15) is 0 Å². The van der Waals surface area contributed by atoms with Gasteiger partial charge in [0.2, 0.25) is 0 Å². The van der Waals surface area contributed by atoms with E-state index in [1.807, 2.05) is 55.5 Å². The molecule has 0 spiro atoms. The van der Waals surface area contributed by atoms with Gasteiger partial charge >= 0.3 is 0 Å². The lowest BCUT2D eigenvalue weighted by Gasteiger charge is -2.12. The van der Waals surface area contributed by atoms with Crippen molar-refractivity contribution in [2.24, 2.45) is 5.73 Å². The van der Waals surface area contributed by atoms with Crippen molar-refractivity contribution < 1.29 is 4.74 Å². The van der Waals surface area contributed by atoms with Crippen molar-refractivity contribution in [2.45, 2.75) is 19.4 Å². The van der Waals surface area contributed by atoms with Crippen LogP contribution in [0.3, 0.4) is 0 Å². The van der Waals surface area contributed by atoms with E-state index in [9.17, 15) is 0 Å². The zero-order chi connectivity index (χ0) is 12.1. The molecule has 0 aliphatic rings. The van der Waals surface area contributed by atoms with Crippen LogP contribution in [-0.2, 0) is 6.42 Å². The average molecular weight is 227 g/mol. The Morgan fingerprint density at radius 3 is 2.35 bits per heavy atom. The van der Waals surface area contributed by atoms with E-state index in [-0.39, 0.29) is 6.04 Å². The molecule has 1 unspecified atom stereocenters. The number of ether oxygens (including phenoxy) is 1. The Hall–Kier alpha value is -1.80. The van der Waals surface area contributed by atoms with Crippen LogP contribution in [0.4, 0.5) is 0 Å². The summed E-state index contributed by atoms with van der Waals surface area (Å²) in [5.74, 6) is 1.74. The largest absolute Gasteiger partial charge is 0.457 e.